The maximum Gasteiger partial charge on any atom is 0.0412 e. The Balaban J connectivity index is 2.14. The lowest BCUT2D eigenvalue weighted by molar-refractivity contribution is 0.199. The van der Waals surface area contributed by atoms with Crippen LogP contribution in [-0.2, 0) is 6.54 Å². The minimum atomic E-state index is 0.592. The van der Waals surface area contributed by atoms with Crippen LogP contribution in [-0.4, -0.2) is 20.1 Å². The molecule has 1 N–H and O–H groups in total. The average Bonchev–Trinajstić information content (AvgIpc) is 2.48. The Morgan fingerprint density at radius 1 is 1.20 bits per heavy atom. The third-order valence-corrected chi connectivity index (χ3v) is 5.57. The molecular formula is C17H27BrN2. The van der Waals surface area contributed by atoms with Gasteiger partial charge in [0.2, 0.25) is 0 Å². The molecule has 0 unspecified atom stereocenters. The van der Waals surface area contributed by atoms with Gasteiger partial charge in [-0.05, 0) is 49.1 Å². The van der Waals surface area contributed by atoms with E-state index < -0.39 is 0 Å². The van der Waals surface area contributed by atoms with Crippen LogP contribution in [0.15, 0.2) is 22.7 Å². The van der Waals surface area contributed by atoms with E-state index in [9.17, 15) is 0 Å². The Morgan fingerprint density at radius 3 is 2.40 bits per heavy atom. The van der Waals surface area contributed by atoms with Crippen molar-refractivity contribution in [3.05, 3.63) is 28.2 Å². The predicted octanol–water partition coefficient (Wildman–Crippen LogP) is 4.58. The summed E-state index contributed by atoms with van der Waals surface area (Å²) in [5.74, 6) is 0. The van der Waals surface area contributed by atoms with E-state index in [1.807, 2.05) is 7.05 Å². The van der Waals surface area contributed by atoms with Gasteiger partial charge in [-0.1, -0.05) is 42.6 Å². The van der Waals surface area contributed by atoms with Crippen LogP contribution in [0.3, 0.4) is 0 Å². The minimum absolute atomic E-state index is 0.592. The van der Waals surface area contributed by atoms with E-state index in [1.165, 1.54) is 54.5 Å². The Morgan fingerprint density at radius 2 is 1.85 bits per heavy atom. The summed E-state index contributed by atoms with van der Waals surface area (Å²) in [4.78, 5) is 2.57. The van der Waals surface area contributed by atoms with Crippen molar-refractivity contribution in [1.82, 2.24) is 5.32 Å². The molecule has 3 heteroatoms. The highest BCUT2D eigenvalue weighted by molar-refractivity contribution is 9.10. The van der Waals surface area contributed by atoms with Gasteiger partial charge in [-0.25, -0.2) is 0 Å². The maximum atomic E-state index is 3.58. The first-order valence-corrected chi connectivity index (χ1v) is 8.61. The molecule has 2 rings (SSSR count). The van der Waals surface area contributed by atoms with Crippen molar-refractivity contribution in [2.75, 3.05) is 25.0 Å². The summed E-state index contributed by atoms with van der Waals surface area (Å²) < 4.78 is 1.17. The molecule has 1 aliphatic rings. The Kier molecular flexibility index (Phi) is 5.50. The largest absolute Gasteiger partial charge is 0.371 e. The number of nitrogens with one attached hydrogen (secondary N) is 1. The van der Waals surface area contributed by atoms with Gasteiger partial charge in [0.1, 0.15) is 0 Å². The lowest BCUT2D eigenvalue weighted by Gasteiger charge is -2.42. The van der Waals surface area contributed by atoms with Gasteiger partial charge in [-0.2, -0.15) is 0 Å². The molecule has 0 radical (unpaired) electrons. The number of halogens is 1. The number of benzene rings is 1. The molecule has 1 fully saturated rings. The lowest BCUT2D eigenvalue weighted by Crippen LogP contribution is -2.40. The van der Waals surface area contributed by atoms with Gasteiger partial charge in [-0.15, -0.1) is 0 Å². The van der Waals surface area contributed by atoms with Gasteiger partial charge >= 0.3 is 0 Å². The Bertz CT molecular complexity index is 431. The molecule has 0 atom stereocenters. The normalized spacial score (nSPS) is 18.3. The number of hydrogen-bond acceptors (Lipinski definition) is 2. The van der Waals surface area contributed by atoms with Crippen LogP contribution >= 0.6 is 15.9 Å². The summed E-state index contributed by atoms with van der Waals surface area (Å²) in [6.07, 6.45) is 5.30. The second-order valence-electron chi connectivity index (χ2n) is 6.00. The summed E-state index contributed by atoms with van der Waals surface area (Å²) in [6, 6.07) is 6.67. The van der Waals surface area contributed by atoms with Crippen molar-refractivity contribution in [1.29, 1.82) is 0 Å². The van der Waals surface area contributed by atoms with E-state index in [0.717, 1.165) is 6.54 Å². The van der Waals surface area contributed by atoms with Crippen molar-refractivity contribution in [2.24, 2.45) is 5.41 Å². The molecular weight excluding hydrogens is 312 g/mol. The van der Waals surface area contributed by atoms with Gasteiger partial charge in [0.05, 0.1) is 0 Å². The van der Waals surface area contributed by atoms with Crippen LogP contribution in [0.2, 0.25) is 0 Å². The van der Waals surface area contributed by atoms with E-state index in [2.05, 4.69) is 58.2 Å². The van der Waals surface area contributed by atoms with Crippen LogP contribution in [0.25, 0.3) is 0 Å². The predicted molar refractivity (Wildman–Crippen MR) is 91.4 cm³/mol. The molecule has 112 valence electrons. The topological polar surface area (TPSA) is 15.3 Å². The van der Waals surface area contributed by atoms with E-state index in [4.69, 9.17) is 0 Å². The highest BCUT2D eigenvalue weighted by atomic mass is 79.9. The van der Waals surface area contributed by atoms with Crippen molar-refractivity contribution in [3.63, 3.8) is 0 Å². The van der Waals surface area contributed by atoms with E-state index in [0.29, 0.717) is 5.41 Å². The summed E-state index contributed by atoms with van der Waals surface area (Å²) in [5.41, 5.74) is 3.39. The van der Waals surface area contributed by atoms with Crippen LogP contribution in [0, 0.1) is 5.41 Å². The quantitative estimate of drug-likeness (QED) is 0.845. The molecule has 0 aliphatic carbocycles. The summed E-state index contributed by atoms with van der Waals surface area (Å²) in [5, 5.41) is 3.28. The molecule has 0 bridgehead atoms. The van der Waals surface area contributed by atoms with Gasteiger partial charge in [-0.3, -0.25) is 0 Å². The fraction of sp³-hybridized carbons (Fsp3) is 0.647. The average molecular weight is 339 g/mol. The van der Waals surface area contributed by atoms with Crippen LogP contribution in [0.1, 0.15) is 45.1 Å². The molecule has 20 heavy (non-hydrogen) atoms. The van der Waals surface area contributed by atoms with Crippen molar-refractivity contribution in [3.8, 4) is 0 Å². The second-order valence-corrected chi connectivity index (χ2v) is 6.91. The molecule has 0 amide bonds. The zero-order valence-electron chi connectivity index (χ0n) is 13.0. The molecule has 1 saturated heterocycles. The fourth-order valence-corrected chi connectivity index (χ4v) is 3.78. The minimum Gasteiger partial charge on any atom is -0.371 e. The van der Waals surface area contributed by atoms with Gasteiger partial charge < -0.3 is 10.2 Å². The van der Waals surface area contributed by atoms with Crippen LogP contribution in [0.5, 0.6) is 0 Å². The van der Waals surface area contributed by atoms with Crippen molar-refractivity contribution >= 4 is 21.6 Å². The lowest BCUT2D eigenvalue weighted by atomic mass is 9.74. The van der Waals surface area contributed by atoms with Gasteiger partial charge in [0, 0.05) is 29.8 Å². The highest BCUT2D eigenvalue weighted by Gasteiger charge is 2.31. The molecule has 1 aliphatic heterocycles. The van der Waals surface area contributed by atoms with Crippen LogP contribution in [0.4, 0.5) is 5.69 Å². The summed E-state index contributed by atoms with van der Waals surface area (Å²) >= 11 is 3.58. The number of rotatable bonds is 5. The molecule has 1 aromatic rings. The number of anilines is 1. The third kappa shape index (κ3) is 3.37. The molecule has 1 heterocycles. The highest BCUT2D eigenvalue weighted by Crippen LogP contribution is 2.39. The number of hydrogen-bond donors (Lipinski definition) is 1. The van der Waals surface area contributed by atoms with E-state index >= 15 is 0 Å². The van der Waals surface area contributed by atoms with E-state index in [-0.39, 0.29) is 0 Å². The zero-order valence-corrected chi connectivity index (χ0v) is 14.6. The molecule has 2 nitrogen and oxygen atoms in total. The van der Waals surface area contributed by atoms with Crippen LogP contribution < -0.4 is 10.2 Å². The molecule has 0 spiro atoms. The van der Waals surface area contributed by atoms with Gasteiger partial charge in [0.25, 0.3) is 0 Å². The molecule has 1 aromatic carbocycles. The first-order chi connectivity index (χ1) is 9.64. The smallest absolute Gasteiger partial charge is 0.0412 e. The van der Waals surface area contributed by atoms with Crippen molar-refractivity contribution in [2.45, 2.75) is 46.1 Å². The first-order valence-electron chi connectivity index (χ1n) is 7.82. The fourth-order valence-electron chi connectivity index (χ4n) is 3.37. The van der Waals surface area contributed by atoms with Crippen molar-refractivity contribution < 1.29 is 0 Å². The zero-order chi connectivity index (χ0) is 14.6. The summed E-state index contributed by atoms with van der Waals surface area (Å²) in [6.45, 7) is 8.02. The standard InChI is InChI=1S/C17H27BrN2/c1-4-17(5-2)8-10-20(11-9-17)16-7-6-15(18)12-14(16)13-19-3/h6-7,12,19H,4-5,8-11,13H2,1-3H3. The Hall–Kier alpha value is -0.540. The number of piperidine rings is 1. The summed E-state index contributed by atoms with van der Waals surface area (Å²) in [7, 11) is 2.01. The van der Waals surface area contributed by atoms with Gasteiger partial charge in [0.15, 0.2) is 0 Å². The third-order valence-electron chi connectivity index (χ3n) is 5.07. The van der Waals surface area contributed by atoms with E-state index in [1.54, 1.807) is 0 Å². The second kappa shape index (κ2) is 6.95. The number of nitrogens with zero attached hydrogens (tertiary/aromatic N) is 1. The maximum absolute atomic E-state index is 3.58. The monoisotopic (exact) mass is 338 g/mol. The SMILES string of the molecule is CCC1(CC)CCN(c2ccc(Br)cc2CNC)CC1. The molecule has 0 aromatic heterocycles. The Labute approximate surface area is 132 Å². The first kappa shape index (κ1) is 15.8. The molecule has 0 saturated carbocycles.